The van der Waals surface area contributed by atoms with E-state index < -0.39 is 12.2 Å². The third kappa shape index (κ3) is 10.1. The average molecular weight is 383 g/mol. The van der Waals surface area contributed by atoms with Gasteiger partial charge in [-0.1, -0.05) is 70.9 Å². The van der Waals surface area contributed by atoms with E-state index >= 15 is 0 Å². The second-order valence-corrected chi connectivity index (χ2v) is 5.19. The predicted octanol–water partition coefficient (Wildman–Crippen LogP) is 5.53. The first-order valence-electron chi connectivity index (χ1n) is 7.10. The first-order chi connectivity index (χ1) is 12.2. The molecule has 0 N–H and O–H groups in total. The van der Waals surface area contributed by atoms with Gasteiger partial charge in [0, 0.05) is 0 Å². The van der Waals surface area contributed by atoms with E-state index in [1.165, 1.54) is 0 Å². The molecule has 132 valence electrons. The minimum atomic E-state index is -0.944. The van der Waals surface area contributed by atoms with E-state index in [1.807, 2.05) is 36.4 Å². The van der Waals surface area contributed by atoms with Crippen LogP contribution in [0.1, 0.15) is 11.1 Å². The van der Waals surface area contributed by atoms with Crippen LogP contribution >= 0.6 is 23.2 Å². The first-order valence-corrected chi connectivity index (χ1v) is 8.17. The summed E-state index contributed by atoms with van der Waals surface area (Å²) >= 11 is 9.53. The molecular formula is C17H16Cl2N2O4. The Morgan fingerprint density at radius 2 is 1.04 bits per heavy atom. The second-order valence-electron chi connectivity index (χ2n) is 4.38. The fourth-order valence-electron chi connectivity index (χ4n) is 1.58. The molecule has 0 aliphatic heterocycles. The highest BCUT2D eigenvalue weighted by Crippen LogP contribution is 2.03. The molecule has 0 saturated carbocycles. The number of hydrogen-bond acceptors (Lipinski definition) is 4. The van der Waals surface area contributed by atoms with Gasteiger partial charge in [-0.25, -0.2) is 9.59 Å². The molecule has 0 aliphatic carbocycles. The summed E-state index contributed by atoms with van der Waals surface area (Å²) in [7, 11) is 0. The summed E-state index contributed by atoms with van der Waals surface area (Å²) in [4.78, 5) is 22.6. The summed E-state index contributed by atoms with van der Waals surface area (Å²) in [5, 5.41) is 6.48. The van der Waals surface area contributed by atoms with Gasteiger partial charge < -0.3 is 9.47 Å². The molecule has 0 unspecified atom stereocenters. The zero-order valence-corrected chi connectivity index (χ0v) is 14.7. The van der Waals surface area contributed by atoms with Crippen LogP contribution in [0.3, 0.4) is 0 Å². The van der Waals surface area contributed by atoms with Crippen LogP contribution in [-0.2, 0) is 22.7 Å². The number of benzene rings is 2. The summed E-state index contributed by atoms with van der Waals surface area (Å²) in [6, 6.07) is 18.2. The summed E-state index contributed by atoms with van der Waals surface area (Å²) < 4.78 is 9.67. The zero-order chi connectivity index (χ0) is 18.3. The lowest BCUT2D eigenvalue weighted by Crippen LogP contribution is -2.02. The van der Waals surface area contributed by atoms with E-state index in [9.17, 15) is 9.59 Å². The van der Waals surface area contributed by atoms with Crippen LogP contribution in [0.5, 0.6) is 0 Å². The van der Waals surface area contributed by atoms with E-state index in [1.54, 1.807) is 24.3 Å². The molecule has 0 atom stereocenters. The molecule has 2 aromatic rings. The van der Waals surface area contributed by atoms with Crippen LogP contribution in [-0.4, -0.2) is 17.5 Å². The van der Waals surface area contributed by atoms with E-state index in [4.69, 9.17) is 32.7 Å². The van der Waals surface area contributed by atoms with Crippen molar-refractivity contribution in [2.24, 2.45) is 10.2 Å². The molecular weight excluding hydrogens is 367 g/mol. The second kappa shape index (κ2) is 12.9. The van der Waals surface area contributed by atoms with Crippen molar-refractivity contribution in [1.82, 2.24) is 0 Å². The zero-order valence-electron chi connectivity index (χ0n) is 13.2. The third-order valence-electron chi connectivity index (χ3n) is 2.62. The summed E-state index contributed by atoms with van der Waals surface area (Å²) in [5.74, 6) is 0. The number of amides is 2. The fraction of sp³-hybridized carbons (Fsp3) is 0.176. The maximum absolute atomic E-state index is 11.3. The molecule has 0 saturated heterocycles. The maximum Gasteiger partial charge on any atom is 0.452 e. The van der Waals surface area contributed by atoms with Crippen LogP contribution in [0.25, 0.3) is 0 Å². The first kappa shape index (κ1) is 20.6. The van der Waals surface area contributed by atoms with Crippen molar-refractivity contribution in [1.29, 1.82) is 0 Å². The van der Waals surface area contributed by atoms with Crippen molar-refractivity contribution in [3.8, 4) is 0 Å². The third-order valence-corrected chi connectivity index (χ3v) is 2.62. The summed E-state index contributed by atoms with van der Waals surface area (Å²) in [5.41, 5.74) is 1.63. The molecule has 0 aromatic heterocycles. The van der Waals surface area contributed by atoms with Gasteiger partial charge in [0.15, 0.2) is 0 Å². The lowest BCUT2D eigenvalue weighted by Gasteiger charge is -2.01. The topological polar surface area (TPSA) is 77.3 Å². The molecule has 0 aliphatic rings. The molecule has 2 amide bonds. The monoisotopic (exact) mass is 382 g/mol. The van der Waals surface area contributed by atoms with Gasteiger partial charge in [0.2, 0.25) is 0 Å². The van der Waals surface area contributed by atoms with Gasteiger partial charge in [0.1, 0.15) is 13.2 Å². The highest BCUT2D eigenvalue weighted by molar-refractivity contribution is 6.40. The normalized spacial score (nSPS) is 9.84. The number of carbonyl (C=O) groups excluding carboxylic acids is 2. The molecule has 0 spiro atoms. The number of carbonyl (C=O) groups is 2. The van der Waals surface area contributed by atoms with Gasteiger partial charge in [0.25, 0.3) is 0 Å². The Morgan fingerprint density at radius 1 is 0.720 bits per heavy atom. The molecule has 0 heterocycles. The quantitative estimate of drug-likeness (QED) is 0.514. The lowest BCUT2D eigenvalue weighted by atomic mass is 10.2. The SMILES string of the molecule is ClCCl.O=C(N=NC(=O)OCc1ccccc1)OCc1ccccc1. The predicted molar refractivity (Wildman–Crippen MR) is 94.7 cm³/mol. The van der Waals surface area contributed by atoms with E-state index in [2.05, 4.69) is 10.2 Å². The van der Waals surface area contributed by atoms with Gasteiger partial charge >= 0.3 is 12.2 Å². The van der Waals surface area contributed by atoms with Crippen LogP contribution in [0.2, 0.25) is 0 Å². The summed E-state index contributed by atoms with van der Waals surface area (Å²) in [6.07, 6.45) is -1.89. The Bertz CT molecular complexity index is 609. The minimum absolute atomic E-state index is 0.0672. The Kier molecular flexibility index (Phi) is 10.6. The Labute approximate surface area is 155 Å². The highest BCUT2D eigenvalue weighted by Gasteiger charge is 2.05. The molecule has 2 rings (SSSR count). The van der Waals surface area contributed by atoms with Crippen LogP contribution in [0, 0.1) is 0 Å². The van der Waals surface area contributed by atoms with Crippen molar-refractivity contribution in [3.05, 3.63) is 71.8 Å². The van der Waals surface area contributed by atoms with Gasteiger partial charge in [-0.2, -0.15) is 0 Å². The van der Waals surface area contributed by atoms with Crippen molar-refractivity contribution in [2.75, 3.05) is 5.34 Å². The van der Waals surface area contributed by atoms with Gasteiger partial charge in [-0.15, -0.1) is 23.2 Å². The number of azo groups is 1. The van der Waals surface area contributed by atoms with Crippen molar-refractivity contribution in [3.63, 3.8) is 0 Å². The lowest BCUT2D eigenvalue weighted by molar-refractivity contribution is 0.139. The standard InChI is InChI=1S/C16H14N2O4.CH2Cl2/c19-15(21-11-13-7-3-1-4-8-13)17-18-16(20)22-12-14-9-5-2-6-10-14;2-1-3/h1-10H,11-12H2;1H2. The molecule has 6 nitrogen and oxygen atoms in total. The number of hydrogen-bond donors (Lipinski definition) is 0. The molecule has 0 bridgehead atoms. The average Bonchev–Trinajstić information content (AvgIpc) is 2.65. The Balaban J connectivity index is 0.000000970. The van der Waals surface area contributed by atoms with Crippen molar-refractivity contribution in [2.45, 2.75) is 13.2 Å². The Hall–Kier alpha value is -2.44. The smallest absolute Gasteiger partial charge is 0.442 e. The number of halogens is 2. The minimum Gasteiger partial charge on any atom is -0.442 e. The molecule has 8 heteroatoms. The van der Waals surface area contributed by atoms with Gasteiger partial charge in [0.05, 0.1) is 5.34 Å². The number of alkyl halides is 2. The fourth-order valence-corrected chi connectivity index (χ4v) is 1.58. The van der Waals surface area contributed by atoms with Gasteiger partial charge in [-0.05, 0) is 11.1 Å². The number of ether oxygens (including phenoxy) is 2. The number of nitrogens with zero attached hydrogens (tertiary/aromatic N) is 2. The van der Waals surface area contributed by atoms with E-state index in [0.717, 1.165) is 11.1 Å². The van der Waals surface area contributed by atoms with Crippen LogP contribution in [0.15, 0.2) is 70.9 Å². The number of rotatable bonds is 4. The van der Waals surface area contributed by atoms with E-state index in [0.29, 0.717) is 0 Å². The van der Waals surface area contributed by atoms with E-state index in [-0.39, 0.29) is 18.6 Å². The van der Waals surface area contributed by atoms with Gasteiger partial charge in [-0.3, -0.25) is 0 Å². The Morgan fingerprint density at radius 3 is 1.36 bits per heavy atom. The molecule has 0 radical (unpaired) electrons. The highest BCUT2D eigenvalue weighted by atomic mass is 35.5. The van der Waals surface area contributed by atoms with Crippen LogP contribution in [0.4, 0.5) is 9.59 Å². The molecule has 0 fully saturated rings. The molecule has 25 heavy (non-hydrogen) atoms. The summed E-state index contributed by atoms with van der Waals surface area (Å²) in [6.45, 7) is 0.134. The maximum atomic E-state index is 11.3. The molecule has 2 aromatic carbocycles. The largest absolute Gasteiger partial charge is 0.452 e. The van der Waals surface area contributed by atoms with Crippen molar-refractivity contribution < 1.29 is 19.1 Å². The van der Waals surface area contributed by atoms with Crippen molar-refractivity contribution >= 4 is 35.4 Å². The van der Waals surface area contributed by atoms with Crippen LogP contribution < -0.4 is 0 Å².